The Morgan fingerprint density at radius 1 is 0.635 bits per heavy atom. The maximum atomic E-state index is 12.2. The lowest BCUT2D eigenvalue weighted by Gasteiger charge is -2.19. The van der Waals surface area contributed by atoms with Gasteiger partial charge in [0, 0.05) is 45.0 Å². The summed E-state index contributed by atoms with van der Waals surface area (Å²) >= 11 is 0. The predicted molar refractivity (Wildman–Crippen MR) is 255 cm³/mol. The Kier molecular flexibility index (Phi) is 32.1. The summed E-state index contributed by atoms with van der Waals surface area (Å²) in [7, 11) is -6.77. The lowest BCUT2D eigenvalue weighted by atomic mass is 10.2. The summed E-state index contributed by atoms with van der Waals surface area (Å²) in [4.78, 5) is 34.5. The first kappa shape index (κ1) is 58.9. The fraction of sp³-hybridized carbons (Fsp3) is 0.444. The number of alkyl carbamates (subject to hydrolysis) is 2. The van der Waals surface area contributed by atoms with Crippen LogP contribution in [0.5, 0.6) is 0 Å². The molecule has 63 heavy (non-hydrogen) atoms. The topological polar surface area (TPSA) is 206 Å². The number of unbranched alkanes of at least 4 members (excludes halogenated alkanes) is 1. The molecule has 0 aliphatic carbocycles. The number of carbonyl (C=O) groups excluding carboxylic acids is 3. The molecule has 0 bridgehead atoms. The summed E-state index contributed by atoms with van der Waals surface area (Å²) in [5, 5.41) is 8.51. The van der Waals surface area contributed by atoms with E-state index in [0.29, 0.717) is 43.8 Å². The monoisotopic (exact) mass is 953 g/mol. The molecule has 0 fully saturated rings. The predicted octanol–water partition coefficient (Wildman–Crippen LogP) is 9.39. The molecule has 3 atom stereocenters. The van der Waals surface area contributed by atoms with Gasteiger partial charge in [-0.3, -0.25) is 8.77 Å². The van der Waals surface area contributed by atoms with E-state index in [2.05, 4.69) is 10.6 Å². The first-order valence-corrected chi connectivity index (χ1v) is 25.9. The van der Waals surface area contributed by atoms with Gasteiger partial charge >= 0.3 is 19.8 Å². The summed E-state index contributed by atoms with van der Waals surface area (Å²) in [5.74, 6) is 0. The number of hydrogen-bond donors (Lipinski definition) is 3. The summed E-state index contributed by atoms with van der Waals surface area (Å²) in [6.07, 6.45) is 6.11. The van der Waals surface area contributed by atoms with Crippen molar-refractivity contribution in [2.24, 2.45) is 5.73 Å². The molecule has 3 unspecified atom stereocenters. The zero-order valence-electron chi connectivity index (χ0n) is 37.9. The van der Waals surface area contributed by atoms with Crippen molar-refractivity contribution < 1.29 is 50.1 Å². The molecule has 18 heteroatoms. The molecule has 14 nitrogen and oxygen atoms in total. The fourth-order valence-corrected chi connectivity index (χ4v) is 9.68. The summed E-state index contributed by atoms with van der Waals surface area (Å²) < 4.78 is 67.8. The van der Waals surface area contributed by atoms with Crippen molar-refractivity contribution in [3.05, 3.63) is 114 Å². The molecule has 3 aromatic rings. The van der Waals surface area contributed by atoms with Gasteiger partial charge in [0.2, 0.25) is 0 Å². The Balaban J connectivity index is 0.000000828. The summed E-state index contributed by atoms with van der Waals surface area (Å²) in [5.41, 5.74) is 4.25. The van der Waals surface area contributed by atoms with Gasteiger partial charge in [-0.1, -0.05) is 66.7 Å². The number of nitrogens with one attached hydrogen (secondary N) is 2. The fourth-order valence-electron chi connectivity index (χ4n) is 4.23. The number of rotatable bonds is 20. The number of benzene rings is 3. The third-order valence-corrected chi connectivity index (χ3v) is 13.5. The highest BCUT2D eigenvalue weighted by molar-refractivity contribution is 7.92. The quantitative estimate of drug-likeness (QED) is 0.0550. The van der Waals surface area contributed by atoms with Gasteiger partial charge in [0.05, 0.1) is 45.6 Å². The van der Waals surface area contributed by atoms with E-state index in [1.807, 2.05) is 93.6 Å². The SMILES string of the molecule is CC(C)(C)OC(=O)NCC/C=C/S(=O)c1ccccc1.CC(C)(C)OC(=O)NCCCC=O.CCOP(=O)(CS(=O)c1ccccc1)OCC.NCC/C=C/S(=O)c1ccccc1. The number of nitrogens with two attached hydrogens (primary N) is 1. The van der Waals surface area contributed by atoms with E-state index in [1.165, 1.54) is 0 Å². The maximum absolute atomic E-state index is 12.2. The van der Waals surface area contributed by atoms with Crippen LogP contribution < -0.4 is 16.4 Å². The molecule has 0 spiro atoms. The standard InChI is InChI=1S/C15H21NO3S.C11H17O4PS.C10H13NOS.C9H17NO3/c1-15(2,3)19-14(17)16-11-7-8-12-20(18)13-9-5-4-6-10-13;1-3-14-16(12,15-4-2)10-17(13)11-8-6-5-7-9-11;11-8-4-5-9-13(12)10-6-2-1-3-7-10;1-9(2,3)13-8(12)10-6-4-5-7-11/h4-6,8-10,12H,7,11H2,1-3H3,(H,16,17);5-9H,3-4,10H2,1-2H3;1-3,5-7,9H,4,8,11H2;7H,4-6H2,1-3H3,(H,10,12)/b12-8+;;9-5+;. The highest BCUT2D eigenvalue weighted by Gasteiger charge is 2.27. The molecule has 0 radical (unpaired) electrons. The van der Waals surface area contributed by atoms with E-state index in [4.69, 9.17) is 24.3 Å². The van der Waals surface area contributed by atoms with Crippen LogP contribution in [0.25, 0.3) is 0 Å². The van der Waals surface area contributed by atoms with E-state index in [-0.39, 0.29) is 18.7 Å². The lowest BCUT2D eigenvalue weighted by Crippen LogP contribution is -2.33. The van der Waals surface area contributed by atoms with Crippen LogP contribution in [0.3, 0.4) is 0 Å². The molecular formula is C45H68N3O11PS3. The first-order valence-electron chi connectivity index (χ1n) is 20.4. The highest BCUT2D eigenvalue weighted by Crippen LogP contribution is 2.49. The second kappa shape index (κ2) is 34.3. The second-order valence-corrected chi connectivity index (χ2v) is 21.3. The Bertz CT molecular complexity index is 1880. The first-order chi connectivity index (χ1) is 29.8. The molecule has 3 aromatic carbocycles. The normalized spacial score (nSPS) is 12.8. The molecule has 0 heterocycles. The van der Waals surface area contributed by atoms with Crippen molar-refractivity contribution >= 4 is 58.5 Å². The smallest absolute Gasteiger partial charge is 0.407 e. The molecule has 352 valence electrons. The highest BCUT2D eigenvalue weighted by atomic mass is 32.2. The maximum Gasteiger partial charge on any atom is 0.407 e. The van der Waals surface area contributed by atoms with Crippen LogP contribution in [-0.2, 0) is 60.3 Å². The third kappa shape index (κ3) is 33.1. The van der Waals surface area contributed by atoms with Crippen molar-refractivity contribution in [2.75, 3.05) is 38.3 Å². The minimum Gasteiger partial charge on any atom is -0.444 e. The van der Waals surface area contributed by atoms with E-state index in [0.717, 1.165) is 22.5 Å². The van der Waals surface area contributed by atoms with Gasteiger partial charge in [0.15, 0.2) is 0 Å². The van der Waals surface area contributed by atoms with Gasteiger partial charge in [-0.15, -0.1) is 0 Å². The van der Waals surface area contributed by atoms with Crippen LogP contribution in [0.2, 0.25) is 0 Å². The van der Waals surface area contributed by atoms with Gasteiger partial charge in [-0.2, -0.15) is 0 Å². The van der Waals surface area contributed by atoms with E-state index in [1.54, 1.807) is 75.8 Å². The summed E-state index contributed by atoms with van der Waals surface area (Å²) in [6.45, 7) is 16.4. The Labute approximate surface area is 382 Å². The van der Waals surface area contributed by atoms with Crippen LogP contribution in [0, 0.1) is 0 Å². The van der Waals surface area contributed by atoms with E-state index in [9.17, 15) is 31.6 Å². The van der Waals surface area contributed by atoms with Crippen molar-refractivity contribution in [2.45, 2.75) is 107 Å². The van der Waals surface area contributed by atoms with E-state index < -0.39 is 63.4 Å². The Hall–Kier alpha value is -4.09. The molecule has 0 aliphatic rings. The second-order valence-electron chi connectivity index (χ2n) is 14.7. The number of ether oxygens (including phenoxy) is 2. The number of amides is 2. The van der Waals surface area contributed by atoms with Crippen molar-refractivity contribution in [3.8, 4) is 0 Å². The van der Waals surface area contributed by atoms with Crippen LogP contribution in [-0.4, -0.2) is 80.6 Å². The van der Waals surface area contributed by atoms with Gasteiger partial charge < -0.3 is 39.7 Å². The molecule has 0 aliphatic heterocycles. The van der Waals surface area contributed by atoms with Gasteiger partial charge in [-0.05, 0) is 118 Å². The van der Waals surface area contributed by atoms with Crippen LogP contribution >= 0.6 is 7.60 Å². The molecular weight excluding hydrogens is 886 g/mol. The minimum absolute atomic E-state index is 0.0985. The van der Waals surface area contributed by atoms with Crippen molar-refractivity contribution in [1.82, 2.24) is 10.6 Å². The zero-order chi connectivity index (χ0) is 47.6. The number of carbonyl (C=O) groups is 3. The molecule has 4 N–H and O–H groups in total. The van der Waals surface area contributed by atoms with Crippen molar-refractivity contribution in [1.29, 1.82) is 0 Å². The summed E-state index contributed by atoms with van der Waals surface area (Å²) in [6, 6.07) is 27.5. The third-order valence-electron chi connectivity index (χ3n) is 6.80. The molecule has 0 aromatic heterocycles. The Morgan fingerprint density at radius 2 is 1.03 bits per heavy atom. The molecule has 0 saturated carbocycles. The average Bonchev–Trinajstić information content (AvgIpc) is 3.23. The minimum atomic E-state index is -3.24. The van der Waals surface area contributed by atoms with Crippen LogP contribution in [0.15, 0.2) is 129 Å². The number of hydrogen-bond acceptors (Lipinski definition) is 12. The van der Waals surface area contributed by atoms with Crippen molar-refractivity contribution in [3.63, 3.8) is 0 Å². The largest absolute Gasteiger partial charge is 0.444 e. The molecule has 2 amide bonds. The zero-order valence-corrected chi connectivity index (χ0v) is 41.2. The Morgan fingerprint density at radius 3 is 1.41 bits per heavy atom. The van der Waals surface area contributed by atoms with Gasteiger partial charge in [0.1, 0.15) is 23.0 Å². The van der Waals surface area contributed by atoms with Crippen LogP contribution in [0.4, 0.5) is 9.59 Å². The molecule has 3 rings (SSSR count). The van der Waals surface area contributed by atoms with Crippen LogP contribution in [0.1, 0.15) is 81.1 Å². The van der Waals surface area contributed by atoms with Gasteiger partial charge in [0.25, 0.3) is 0 Å². The lowest BCUT2D eigenvalue weighted by molar-refractivity contribution is -0.107. The number of aldehydes is 1. The van der Waals surface area contributed by atoms with E-state index >= 15 is 0 Å². The average molecular weight is 954 g/mol. The van der Waals surface area contributed by atoms with Gasteiger partial charge in [-0.25, -0.2) is 18.0 Å². The molecule has 0 saturated heterocycles.